The lowest BCUT2D eigenvalue weighted by Gasteiger charge is -2.05. The number of hydrogen-bond acceptors (Lipinski definition) is 5. The molecule has 18 heavy (non-hydrogen) atoms. The van der Waals surface area contributed by atoms with Crippen molar-refractivity contribution in [2.45, 2.75) is 26.8 Å². The number of anilines is 1. The van der Waals surface area contributed by atoms with Gasteiger partial charge in [0.05, 0.1) is 24.8 Å². The van der Waals surface area contributed by atoms with E-state index in [1.54, 1.807) is 18.6 Å². The number of hydrogen-bond donors (Lipinski definition) is 1. The first kappa shape index (κ1) is 12.3. The second kappa shape index (κ2) is 5.48. The minimum absolute atomic E-state index is 0.307. The minimum atomic E-state index is 0.307. The predicted molar refractivity (Wildman–Crippen MR) is 68.9 cm³/mol. The molecule has 6 heteroatoms. The third-order valence-electron chi connectivity index (χ3n) is 2.30. The Labute approximate surface area is 106 Å². The molecule has 0 bridgehead atoms. The van der Waals surface area contributed by atoms with Crippen LogP contribution in [0.2, 0.25) is 0 Å². The van der Waals surface area contributed by atoms with Gasteiger partial charge in [-0.25, -0.2) is 0 Å². The van der Waals surface area contributed by atoms with Gasteiger partial charge in [0.2, 0.25) is 5.88 Å². The first-order valence-electron chi connectivity index (χ1n) is 5.97. The molecule has 2 aromatic rings. The maximum atomic E-state index is 5.60. The third kappa shape index (κ3) is 2.97. The molecule has 0 saturated heterocycles. The van der Waals surface area contributed by atoms with Gasteiger partial charge in [0, 0.05) is 12.6 Å². The number of rotatable bonds is 5. The fourth-order valence-corrected chi connectivity index (χ4v) is 1.44. The van der Waals surface area contributed by atoms with Crippen LogP contribution in [0.15, 0.2) is 24.8 Å². The van der Waals surface area contributed by atoms with Crippen molar-refractivity contribution in [1.82, 2.24) is 19.7 Å². The Morgan fingerprint density at radius 1 is 1.33 bits per heavy atom. The van der Waals surface area contributed by atoms with Crippen LogP contribution >= 0.6 is 0 Å². The van der Waals surface area contributed by atoms with Crippen molar-refractivity contribution in [2.75, 3.05) is 11.9 Å². The highest BCUT2D eigenvalue weighted by molar-refractivity contribution is 5.34. The van der Waals surface area contributed by atoms with Crippen molar-refractivity contribution in [3.05, 3.63) is 24.8 Å². The molecule has 0 spiro atoms. The summed E-state index contributed by atoms with van der Waals surface area (Å²) in [4.78, 5) is 8.34. The van der Waals surface area contributed by atoms with E-state index in [0.29, 0.717) is 23.5 Å². The van der Waals surface area contributed by atoms with Crippen molar-refractivity contribution in [3.63, 3.8) is 0 Å². The molecular formula is C12H17N5O. The Balaban J connectivity index is 2.10. The second-order valence-electron chi connectivity index (χ2n) is 4.12. The summed E-state index contributed by atoms with van der Waals surface area (Å²) < 4.78 is 7.43. The van der Waals surface area contributed by atoms with Crippen LogP contribution in [-0.4, -0.2) is 26.3 Å². The molecule has 96 valence electrons. The quantitative estimate of drug-likeness (QED) is 0.879. The van der Waals surface area contributed by atoms with Crippen molar-refractivity contribution >= 4 is 5.82 Å². The van der Waals surface area contributed by atoms with E-state index in [9.17, 15) is 0 Å². The zero-order chi connectivity index (χ0) is 13.0. The fourth-order valence-electron chi connectivity index (χ4n) is 1.44. The highest BCUT2D eigenvalue weighted by Gasteiger charge is 2.05. The van der Waals surface area contributed by atoms with Gasteiger partial charge in [0.25, 0.3) is 0 Å². The van der Waals surface area contributed by atoms with Crippen LogP contribution in [-0.2, 0) is 0 Å². The van der Waals surface area contributed by atoms with E-state index in [0.717, 1.165) is 6.54 Å². The largest absolute Gasteiger partial charge is 0.434 e. The molecule has 0 aliphatic heterocycles. The SMILES string of the molecule is CCNc1cncc(Oc2cnn(C(C)C)c2)n1. The maximum Gasteiger partial charge on any atom is 0.239 e. The Morgan fingerprint density at radius 2 is 2.17 bits per heavy atom. The van der Waals surface area contributed by atoms with Crippen LogP contribution in [0.1, 0.15) is 26.8 Å². The summed E-state index contributed by atoms with van der Waals surface area (Å²) in [7, 11) is 0. The standard InChI is InChI=1S/C12H17N5O/c1-4-14-11-6-13-7-12(16-11)18-10-5-15-17(8-10)9(2)3/h5-9H,4H2,1-3H3,(H,14,16). The van der Waals surface area contributed by atoms with Gasteiger partial charge in [0.1, 0.15) is 5.82 Å². The van der Waals surface area contributed by atoms with E-state index < -0.39 is 0 Å². The Morgan fingerprint density at radius 3 is 2.83 bits per heavy atom. The summed E-state index contributed by atoms with van der Waals surface area (Å²) in [5.74, 6) is 1.81. The van der Waals surface area contributed by atoms with Gasteiger partial charge in [-0.15, -0.1) is 0 Å². The molecular weight excluding hydrogens is 230 g/mol. The van der Waals surface area contributed by atoms with Gasteiger partial charge >= 0.3 is 0 Å². The molecule has 0 aromatic carbocycles. The van der Waals surface area contributed by atoms with Crippen LogP contribution < -0.4 is 10.1 Å². The van der Waals surface area contributed by atoms with E-state index in [4.69, 9.17) is 4.74 Å². The lowest BCUT2D eigenvalue weighted by atomic mass is 10.4. The monoisotopic (exact) mass is 247 g/mol. The number of ether oxygens (including phenoxy) is 1. The topological polar surface area (TPSA) is 64.9 Å². The van der Waals surface area contributed by atoms with Gasteiger partial charge in [0.15, 0.2) is 5.75 Å². The van der Waals surface area contributed by atoms with Gasteiger partial charge < -0.3 is 10.1 Å². The highest BCUT2D eigenvalue weighted by atomic mass is 16.5. The molecule has 0 radical (unpaired) electrons. The van der Waals surface area contributed by atoms with E-state index >= 15 is 0 Å². The summed E-state index contributed by atoms with van der Waals surface area (Å²) in [6, 6.07) is 0.307. The van der Waals surface area contributed by atoms with Gasteiger partial charge in [-0.1, -0.05) is 0 Å². The first-order chi connectivity index (χ1) is 8.69. The zero-order valence-electron chi connectivity index (χ0n) is 10.8. The molecule has 6 nitrogen and oxygen atoms in total. The summed E-state index contributed by atoms with van der Waals surface area (Å²) in [5.41, 5.74) is 0. The Hall–Kier alpha value is -2.11. The van der Waals surface area contributed by atoms with E-state index in [-0.39, 0.29) is 0 Å². The molecule has 1 N–H and O–H groups in total. The molecule has 2 aromatic heterocycles. The predicted octanol–water partition coefficient (Wildman–Crippen LogP) is 2.48. The summed E-state index contributed by atoms with van der Waals surface area (Å²) in [6.45, 7) is 6.91. The van der Waals surface area contributed by atoms with Gasteiger partial charge in [-0.05, 0) is 20.8 Å². The molecule has 0 fully saturated rings. The summed E-state index contributed by atoms with van der Waals surface area (Å²) in [5, 5.41) is 7.28. The smallest absolute Gasteiger partial charge is 0.239 e. The van der Waals surface area contributed by atoms with Crippen molar-refractivity contribution in [1.29, 1.82) is 0 Å². The van der Waals surface area contributed by atoms with Crippen LogP contribution in [0.5, 0.6) is 11.6 Å². The molecule has 0 aliphatic rings. The molecule has 2 heterocycles. The number of nitrogens with one attached hydrogen (secondary N) is 1. The van der Waals surface area contributed by atoms with E-state index in [1.807, 2.05) is 17.8 Å². The maximum absolute atomic E-state index is 5.60. The summed E-state index contributed by atoms with van der Waals surface area (Å²) in [6.07, 6.45) is 6.75. The van der Waals surface area contributed by atoms with Crippen LogP contribution in [0.3, 0.4) is 0 Å². The number of nitrogens with zero attached hydrogens (tertiary/aromatic N) is 4. The average Bonchev–Trinajstić information content (AvgIpc) is 2.78. The minimum Gasteiger partial charge on any atom is -0.434 e. The molecule has 0 unspecified atom stereocenters. The van der Waals surface area contributed by atoms with Crippen LogP contribution in [0.25, 0.3) is 0 Å². The summed E-state index contributed by atoms with van der Waals surface area (Å²) >= 11 is 0. The van der Waals surface area contributed by atoms with Gasteiger partial charge in [-0.3, -0.25) is 9.67 Å². The lowest BCUT2D eigenvalue weighted by molar-refractivity contribution is 0.457. The third-order valence-corrected chi connectivity index (χ3v) is 2.30. The molecule has 0 saturated carbocycles. The van der Waals surface area contributed by atoms with Crippen molar-refractivity contribution < 1.29 is 4.74 Å². The molecule has 0 atom stereocenters. The lowest BCUT2D eigenvalue weighted by Crippen LogP contribution is -2.01. The molecule has 2 rings (SSSR count). The van der Waals surface area contributed by atoms with Crippen LogP contribution in [0, 0.1) is 0 Å². The van der Waals surface area contributed by atoms with Crippen molar-refractivity contribution in [2.24, 2.45) is 0 Å². The van der Waals surface area contributed by atoms with Gasteiger partial charge in [-0.2, -0.15) is 10.1 Å². The Kier molecular flexibility index (Phi) is 3.76. The Bertz CT molecular complexity index is 509. The van der Waals surface area contributed by atoms with Crippen molar-refractivity contribution in [3.8, 4) is 11.6 Å². The zero-order valence-corrected chi connectivity index (χ0v) is 10.8. The van der Waals surface area contributed by atoms with Crippen LogP contribution in [0.4, 0.5) is 5.82 Å². The first-order valence-corrected chi connectivity index (χ1v) is 5.97. The number of aromatic nitrogens is 4. The molecule has 0 amide bonds. The fraction of sp³-hybridized carbons (Fsp3) is 0.417. The highest BCUT2D eigenvalue weighted by Crippen LogP contribution is 2.20. The second-order valence-corrected chi connectivity index (χ2v) is 4.12. The van der Waals surface area contributed by atoms with E-state index in [2.05, 4.69) is 34.2 Å². The molecule has 0 aliphatic carbocycles. The van der Waals surface area contributed by atoms with E-state index in [1.165, 1.54) is 0 Å². The average molecular weight is 247 g/mol. The normalized spacial score (nSPS) is 10.7.